The van der Waals surface area contributed by atoms with Crippen molar-refractivity contribution in [3.8, 4) is 11.3 Å². The largest absolute Gasteiger partial charge is 0.353 e. The zero-order chi connectivity index (χ0) is 21.2. The zero-order valence-electron chi connectivity index (χ0n) is 18.6. The summed E-state index contributed by atoms with van der Waals surface area (Å²) in [5, 5.41) is 0. The highest BCUT2D eigenvalue weighted by atomic mass is 15.2. The van der Waals surface area contributed by atoms with E-state index in [0.717, 1.165) is 48.6 Å². The van der Waals surface area contributed by atoms with Gasteiger partial charge in [-0.25, -0.2) is 4.98 Å². The van der Waals surface area contributed by atoms with Crippen LogP contribution < -0.4 is 4.90 Å². The van der Waals surface area contributed by atoms with Gasteiger partial charge in [-0.1, -0.05) is 67.5 Å². The van der Waals surface area contributed by atoms with E-state index in [1.54, 1.807) is 0 Å². The molecular weight excluding hydrogens is 366 g/mol. The molecule has 0 atom stereocenters. The second-order valence-corrected chi connectivity index (χ2v) is 8.21. The van der Waals surface area contributed by atoms with Crippen LogP contribution in [0.5, 0.6) is 0 Å². The molecule has 0 spiro atoms. The fraction of sp³-hybridized carbons (Fsp3) is 0.407. The quantitative estimate of drug-likeness (QED) is 0.294. The van der Waals surface area contributed by atoms with Gasteiger partial charge in [0.15, 0.2) is 0 Å². The molecule has 3 rings (SSSR count). The van der Waals surface area contributed by atoms with Crippen LogP contribution in [0.2, 0.25) is 0 Å². The third-order valence-electron chi connectivity index (χ3n) is 5.55. The van der Waals surface area contributed by atoms with Crippen LogP contribution in [0.4, 0.5) is 5.82 Å². The van der Waals surface area contributed by atoms with Gasteiger partial charge in [0.1, 0.15) is 5.82 Å². The molecular formula is C27H35N3. The maximum Gasteiger partial charge on any atom is 0.148 e. The lowest BCUT2D eigenvalue weighted by molar-refractivity contribution is 0.595. The van der Waals surface area contributed by atoms with Gasteiger partial charge < -0.3 is 4.90 Å². The molecule has 30 heavy (non-hydrogen) atoms. The van der Waals surface area contributed by atoms with E-state index in [1.807, 2.05) is 18.3 Å². The highest BCUT2D eigenvalue weighted by Gasteiger charge is 2.18. The molecule has 0 fully saturated rings. The van der Waals surface area contributed by atoms with Gasteiger partial charge in [0.05, 0.1) is 17.6 Å². The molecule has 0 bridgehead atoms. The number of nitrogens with zero attached hydrogens (tertiary/aromatic N) is 3. The molecule has 3 nitrogen and oxygen atoms in total. The second-order valence-electron chi connectivity index (χ2n) is 8.21. The first-order chi connectivity index (χ1) is 14.7. The van der Waals surface area contributed by atoms with Gasteiger partial charge in [-0.05, 0) is 51.5 Å². The molecule has 0 saturated carbocycles. The molecule has 0 saturated heterocycles. The van der Waals surface area contributed by atoms with Crippen LogP contribution >= 0.6 is 0 Å². The lowest BCUT2D eigenvalue weighted by Crippen LogP contribution is -2.33. The molecule has 1 aliphatic rings. The normalized spacial score (nSPS) is 13.4. The average molecular weight is 402 g/mol. The van der Waals surface area contributed by atoms with Crippen molar-refractivity contribution >= 4 is 11.4 Å². The summed E-state index contributed by atoms with van der Waals surface area (Å²) in [5.74, 6) is 0.977. The van der Waals surface area contributed by atoms with Crippen LogP contribution in [-0.4, -0.2) is 22.6 Å². The van der Waals surface area contributed by atoms with E-state index in [9.17, 15) is 0 Å². The number of rotatable bonds is 11. The number of benzene rings is 1. The Balaban J connectivity index is 1.85. The Bertz CT molecular complexity index is 865. The lowest BCUT2D eigenvalue weighted by Gasteiger charge is -2.28. The predicted octanol–water partition coefficient (Wildman–Crippen LogP) is 7.23. The minimum Gasteiger partial charge on any atom is -0.353 e. The summed E-state index contributed by atoms with van der Waals surface area (Å²) >= 11 is 0. The van der Waals surface area contributed by atoms with Crippen molar-refractivity contribution in [2.24, 2.45) is 0 Å². The van der Waals surface area contributed by atoms with Gasteiger partial charge in [-0.15, -0.1) is 6.58 Å². The third-order valence-corrected chi connectivity index (χ3v) is 5.55. The maximum absolute atomic E-state index is 5.15. The average Bonchev–Trinajstić information content (AvgIpc) is 2.79. The Morgan fingerprint density at radius 2 is 1.83 bits per heavy atom. The number of allylic oxidation sites excluding steroid dienone is 5. The van der Waals surface area contributed by atoms with E-state index in [1.165, 1.54) is 31.3 Å². The topological polar surface area (TPSA) is 29.0 Å². The Hall–Kier alpha value is -2.68. The van der Waals surface area contributed by atoms with Gasteiger partial charge in [0.2, 0.25) is 0 Å². The van der Waals surface area contributed by atoms with E-state index in [0.29, 0.717) is 6.04 Å². The van der Waals surface area contributed by atoms with Crippen molar-refractivity contribution in [2.45, 2.75) is 64.8 Å². The number of unbranched alkanes of at least 4 members (excludes halogenated alkanes) is 4. The Labute approximate surface area is 182 Å². The Morgan fingerprint density at radius 1 is 1.03 bits per heavy atom. The number of hydrogen-bond acceptors (Lipinski definition) is 3. The minimum absolute atomic E-state index is 0.388. The van der Waals surface area contributed by atoms with Gasteiger partial charge in [0, 0.05) is 18.2 Å². The molecule has 1 aliphatic carbocycles. The first-order valence-corrected chi connectivity index (χ1v) is 11.4. The molecule has 0 amide bonds. The zero-order valence-corrected chi connectivity index (χ0v) is 18.6. The SMILES string of the molecule is C=CCCCCCCN(c1cnc(-c2ccccc2)c(C2=CCCC=C2)n1)C(C)C. The van der Waals surface area contributed by atoms with Crippen molar-refractivity contribution in [2.75, 3.05) is 11.4 Å². The van der Waals surface area contributed by atoms with Gasteiger partial charge >= 0.3 is 0 Å². The van der Waals surface area contributed by atoms with Crippen molar-refractivity contribution in [1.82, 2.24) is 9.97 Å². The van der Waals surface area contributed by atoms with Crippen molar-refractivity contribution in [1.29, 1.82) is 0 Å². The van der Waals surface area contributed by atoms with Gasteiger partial charge in [-0.3, -0.25) is 4.98 Å². The van der Waals surface area contributed by atoms with Crippen molar-refractivity contribution < 1.29 is 0 Å². The Kier molecular flexibility index (Phi) is 8.43. The highest BCUT2D eigenvalue weighted by Crippen LogP contribution is 2.30. The molecule has 158 valence electrons. The van der Waals surface area contributed by atoms with E-state index in [2.05, 4.69) is 67.8 Å². The standard InChI is InChI=1S/C27H35N3/c1-4-5-6-7-8-15-20-30(22(2)3)25-21-28-26(23-16-11-9-12-17-23)27(29-25)24-18-13-10-14-19-24/h4,9,11-13,16-19,21-22H,1,5-8,10,14-15,20H2,2-3H3. The molecule has 0 radical (unpaired) electrons. The second kappa shape index (κ2) is 11.5. The number of hydrogen-bond donors (Lipinski definition) is 0. The molecule has 1 heterocycles. The molecule has 3 heteroatoms. The smallest absolute Gasteiger partial charge is 0.148 e. The first kappa shape index (κ1) is 22.0. The predicted molar refractivity (Wildman–Crippen MR) is 130 cm³/mol. The van der Waals surface area contributed by atoms with Gasteiger partial charge in [0.25, 0.3) is 0 Å². The van der Waals surface area contributed by atoms with Crippen molar-refractivity contribution in [3.05, 3.63) is 73.1 Å². The third kappa shape index (κ3) is 5.91. The van der Waals surface area contributed by atoms with Crippen LogP contribution in [-0.2, 0) is 0 Å². The summed E-state index contributed by atoms with van der Waals surface area (Å²) in [5.41, 5.74) is 4.25. The van der Waals surface area contributed by atoms with E-state index < -0.39 is 0 Å². The van der Waals surface area contributed by atoms with Crippen LogP contribution in [0, 0.1) is 0 Å². The Morgan fingerprint density at radius 3 is 2.53 bits per heavy atom. The molecule has 0 aliphatic heterocycles. The molecule has 1 aromatic carbocycles. The summed E-state index contributed by atoms with van der Waals surface area (Å²) in [6, 6.07) is 10.8. The lowest BCUT2D eigenvalue weighted by atomic mass is 9.99. The number of aromatic nitrogens is 2. The van der Waals surface area contributed by atoms with E-state index in [4.69, 9.17) is 9.97 Å². The number of anilines is 1. The first-order valence-electron chi connectivity index (χ1n) is 11.4. The molecule has 1 aromatic heterocycles. The minimum atomic E-state index is 0.388. The summed E-state index contributed by atoms with van der Waals surface area (Å²) in [7, 11) is 0. The highest BCUT2D eigenvalue weighted by molar-refractivity contribution is 5.82. The fourth-order valence-electron chi connectivity index (χ4n) is 3.88. The molecule has 0 N–H and O–H groups in total. The van der Waals surface area contributed by atoms with Crippen LogP contribution in [0.3, 0.4) is 0 Å². The molecule has 2 aromatic rings. The van der Waals surface area contributed by atoms with Gasteiger partial charge in [-0.2, -0.15) is 0 Å². The van der Waals surface area contributed by atoms with E-state index in [-0.39, 0.29) is 0 Å². The van der Waals surface area contributed by atoms with Crippen molar-refractivity contribution in [3.63, 3.8) is 0 Å². The maximum atomic E-state index is 5.15. The monoisotopic (exact) mass is 401 g/mol. The summed E-state index contributed by atoms with van der Waals surface area (Å²) in [6.45, 7) is 9.31. The summed E-state index contributed by atoms with van der Waals surface area (Å²) in [6.07, 6.45) is 18.9. The van der Waals surface area contributed by atoms with Crippen LogP contribution in [0.15, 0.2) is 67.4 Å². The fourth-order valence-corrected chi connectivity index (χ4v) is 3.88. The van der Waals surface area contributed by atoms with E-state index >= 15 is 0 Å². The van der Waals surface area contributed by atoms with Crippen LogP contribution in [0.1, 0.15) is 64.5 Å². The summed E-state index contributed by atoms with van der Waals surface area (Å²) in [4.78, 5) is 12.5. The summed E-state index contributed by atoms with van der Waals surface area (Å²) < 4.78 is 0. The van der Waals surface area contributed by atoms with Crippen LogP contribution in [0.25, 0.3) is 16.8 Å². The molecule has 0 unspecified atom stereocenters.